The third-order valence-corrected chi connectivity index (χ3v) is 5.42. The second-order valence-electron chi connectivity index (χ2n) is 7.07. The average molecular weight is 365 g/mol. The number of para-hydroxylation sites is 1. The standard InChI is InChI=1S/C20H23N5O2/c1-14-5-3-4-6-16(14)22-20(27)24-11-8-15(9-12-24)17-13-19(26)25-18(23(17)2)7-10-21-25/h3-7,10,13,15H,8-9,11-12H2,1-2H3,(H,22,27). The monoisotopic (exact) mass is 365 g/mol. The van der Waals surface area contributed by atoms with E-state index in [0.717, 1.165) is 35.4 Å². The van der Waals surface area contributed by atoms with Gasteiger partial charge in [-0.05, 0) is 31.4 Å². The lowest BCUT2D eigenvalue weighted by Gasteiger charge is -2.33. The number of nitrogens with zero attached hydrogens (tertiary/aromatic N) is 4. The Morgan fingerprint density at radius 2 is 1.93 bits per heavy atom. The van der Waals surface area contributed by atoms with Gasteiger partial charge in [-0.1, -0.05) is 18.2 Å². The topological polar surface area (TPSA) is 71.6 Å². The predicted octanol–water partition coefficient (Wildman–Crippen LogP) is 2.75. The lowest BCUT2D eigenvalue weighted by atomic mass is 9.93. The molecule has 3 heterocycles. The van der Waals surface area contributed by atoms with Gasteiger partial charge in [-0.2, -0.15) is 9.61 Å². The number of rotatable bonds is 2. The second-order valence-corrected chi connectivity index (χ2v) is 7.07. The van der Waals surface area contributed by atoms with E-state index < -0.39 is 0 Å². The number of anilines is 1. The Hall–Kier alpha value is -3.09. The molecule has 0 bridgehead atoms. The zero-order valence-electron chi connectivity index (χ0n) is 15.6. The van der Waals surface area contributed by atoms with Crippen molar-refractivity contribution in [2.45, 2.75) is 25.7 Å². The van der Waals surface area contributed by atoms with Gasteiger partial charge in [0.25, 0.3) is 5.56 Å². The van der Waals surface area contributed by atoms with E-state index in [1.807, 2.05) is 53.8 Å². The van der Waals surface area contributed by atoms with Crippen LogP contribution in [0.1, 0.15) is 30.0 Å². The summed E-state index contributed by atoms with van der Waals surface area (Å²) in [6.07, 6.45) is 3.30. The summed E-state index contributed by atoms with van der Waals surface area (Å²) in [6, 6.07) is 11.2. The fourth-order valence-corrected chi connectivity index (χ4v) is 3.81. The summed E-state index contributed by atoms with van der Waals surface area (Å²) >= 11 is 0. The van der Waals surface area contributed by atoms with Crippen molar-refractivity contribution in [1.29, 1.82) is 0 Å². The summed E-state index contributed by atoms with van der Waals surface area (Å²) in [5.41, 5.74) is 3.58. The van der Waals surface area contributed by atoms with Crippen LogP contribution in [0.3, 0.4) is 0 Å². The molecule has 4 rings (SSSR count). The molecule has 27 heavy (non-hydrogen) atoms. The number of amides is 2. The van der Waals surface area contributed by atoms with E-state index in [1.165, 1.54) is 4.52 Å². The zero-order chi connectivity index (χ0) is 19.0. The molecule has 1 aliphatic rings. The molecule has 1 fully saturated rings. The van der Waals surface area contributed by atoms with Crippen molar-refractivity contribution >= 4 is 17.4 Å². The largest absolute Gasteiger partial charge is 0.333 e. The highest BCUT2D eigenvalue weighted by Crippen LogP contribution is 2.28. The molecule has 0 atom stereocenters. The molecule has 0 radical (unpaired) electrons. The molecular formula is C20H23N5O2. The molecule has 1 aromatic carbocycles. The van der Waals surface area contributed by atoms with E-state index in [4.69, 9.17) is 0 Å². The molecular weight excluding hydrogens is 342 g/mol. The Bertz CT molecular complexity index is 1040. The van der Waals surface area contributed by atoms with Gasteiger partial charge in [-0.3, -0.25) is 4.79 Å². The summed E-state index contributed by atoms with van der Waals surface area (Å²) in [7, 11) is 1.96. The highest BCUT2D eigenvalue weighted by atomic mass is 16.2. The number of carbonyl (C=O) groups is 1. The van der Waals surface area contributed by atoms with E-state index in [1.54, 1.807) is 12.3 Å². The van der Waals surface area contributed by atoms with E-state index in [9.17, 15) is 9.59 Å². The van der Waals surface area contributed by atoms with Gasteiger partial charge in [-0.15, -0.1) is 0 Å². The number of nitrogens with one attached hydrogen (secondary N) is 1. The molecule has 140 valence electrons. The first-order valence-electron chi connectivity index (χ1n) is 9.20. The van der Waals surface area contributed by atoms with Crippen LogP contribution in [-0.4, -0.2) is 38.2 Å². The minimum atomic E-state index is -0.108. The molecule has 0 saturated carbocycles. The second kappa shape index (κ2) is 6.90. The third kappa shape index (κ3) is 3.20. The number of benzene rings is 1. The van der Waals surface area contributed by atoms with Crippen LogP contribution in [0.25, 0.3) is 5.65 Å². The summed E-state index contributed by atoms with van der Waals surface area (Å²) in [5.74, 6) is 0.255. The van der Waals surface area contributed by atoms with E-state index in [2.05, 4.69) is 10.4 Å². The first-order valence-corrected chi connectivity index (χ1v) is 9.20. The van der Waals surface area contributed by atoms with Crippen molar-refractivity contribution in [2.75, 3.05) is 18.4 Å². The minimum absolute atomic E-state index is 0.0668. The van der Waals surface area contributed by atoms with Gasteiger partial charge in [0.2, 0.25) is 0 Å². The molecule has 2 amide bonds. The fourth-order valence-electron chi connectivity index (χ4n) is 3.81. The van der Waals surface area contributed by atoms with Crippen molar-refractivity contribution in [3.05, 3.63) is 64.2 Å². The van der Waals surface area contributed by atoms with Crippen LogP contribution in [0.4, 0.5) is 10.5 Å². The molecule has 1 aliphatic heterocycles. The average Bonchev–Trinajstić information content (AvgIpc) is 3.17. The number of likely N-dealkylation sites (tertiary alicyclic amines) is 1. The SMILES string of the molecule is Cc1ccccc1NC(=O)N1CCC(c2cc(=O)n3nccc3n2C)CC1. The Morgan fingerprint density at radius 3 is 2.67 bits per heavy atom. The van der Waals surface area contributed by atoms with E-state index in [-0.39, 0.29) is 17.5 Å². The number of aromatic nitrogens is 3. The number of urea groups is 1. The van der Waals surface area contributed by atoms with Gasteiger partial charge in [-0.25, -0.2) is 4.79 Å². The van der Waals surface area contributed by atoms with Gasteiger partial charge in [0.15, 0.2) is 0 Å². The summed E-state index contributed by atoms with van der Waals surface area (Å²) in [6.45, 7) is 3.32. The number of piperidine rings is 1. The maximum Gasteiger partial charge on any atom is 0.321 e. The maximum atomic E-state index is 12.6. The van der Waals surface area contributed by atoms with Crippen LogP contribution in [0, 0.1) is 6.92 Å². The smallest absolute Gasteiger partial charge is 0.321 e. The van der Waals surface area contributed by atoms with Crippen LogP contribution in [0.15, 0.2) is 47.4 Å². The van der Waals surface area contributed by atoms with Gasteiger partial charge in [0, 0.05) is 49.6 Å². The highest BCUT2D eigenvalue weighted by Gasteiger charge is 2.26. The van der Waals surface area contributed by atoms with Crippen molar-refractivity contribution < 1.29 is 4.79 Å². The fraction of sp³-hybridized carbons (Fsp3) is 0.350. The van der Waals surface area contributed by atoms with Crippen LogP contribution in [0.2, 0.25) is 0 Å². The lowest BCUT2D eigenvalue weighted by molar-refractivity contribution is 0.193. The van der Waals surface area contributed by atoms with Crippen molar-refractivity contribution in [2.24, 2.45) is 7.05 Å². The molecule has 2 aromatic heterocycles. The maximum absolute atomic E-state index is 12.6. The number of aryl methyl sites for hydroxylation is 2. The number of fused-ring (bicyclic) bond motifs is 1. The van der Waals surface area contributed by atoms with Crippen LogP contribution in [0.5, 0.6) is 0 Å². The van der Waals surface area contributed by atoms with E-state index >= 15 is 0 Å². The molecule has 0 spiro atoms. The third-order valence-electron chi connectivity index (χ3n) is 5.42. The first kappa shape index (κ1) is 17.3. The Morgan fingerprint density at radius 1 is 1.19 bits per heavy atom. The Balaban J connectivity index is 1.46. The van der Waals surface area contributed by atoms with Crippen molar-refractivity contribution in [1.82, 2.24) is 19.1 Å². The molecule has 7 nitrogen and oxygen atoms in total. The first-order chi connectivity index (χ1) is 13.0. The van der Waals surface area contributed by atoms with Crippen LogP contribution >= 0.6 is 0 Å². The van der Waals surface area contributed by atoms with Crippen LogP contribution in [-0.2, 0) is 7.05 Å². The van der Waals surface area contributed by atoms with Gasteiger partial charge < -0.3 is 14.8 Å². The normalized spacial score (nSPS) is 15.3. The summed E-state index contributed by atoms with van der Waals surface area (Å²) in [4.78, 5) is 26.7. The van der Waals surface area contributed by atoms with Crippen molar-refractivity contribution in [3.8, 4) is 0 Å². The molecule has 1 N–H and O–H groups in total. The molecule has 3 aromatic rings. The number of hydrogen-bond acceptors (Lipinski definition) is 3. The van der Waals surface area contributed by atoms with Gasteiger partial charge in [0.05, 0.1) is 6.20 Å². The molecule has 7 heteroatoms. The minimum Gasteiger partial charge on any atom is -0.333 e. The number of carbonyl (C=O) groups excluding carboxylic acids is 1. The lowest BCUT2D eigenvalue weighted by Crippen LogP contribution is -2.41. The molecule has 0 aliphatic carbocycles. The van der Waals surface area contributed by atoms with E-state index in [0.29, 0.717) is 13.1 Å². The highest BCUT2D eigenvalue weighted by molar-refractivity contribution is 5.90. The number of hydrogen-bond donors (Lipinski definition) is 1. The van der Waals surface area contributed by atoms with Gasteiger partial charge >= 0.3 is 6.03 Å². The molecule has 0 unspecified atom stereocenters. The summed E-state index contributed by atoms with van der Waals surface area (Å²) < 4.78 is 3.44. The Kier molecular flexibility index (Phi) is 4.43. The zero-order valence-corrected chi connectivity index (χ0v) is 15.6. The Labute approximate surface area is 157 Å². The predicted molar refractivity (Wildman–Crippen MR) is 104 cm³/mol. The summed E-state index contributed by atoms with van der Waals surface area (Å²) in [5, 5.41) is 7.07. The van der Waals surface area contributed by atoms with Crippen LogP contribution < -0.4 is 10.9 Å². The molecule has 1 saturated heterocycles. The van der Waals surface area contributed by atoms with Gasteiger partial charge in [0.1, 0.15) is 5.65 Å². The quantitative estimate of drug-likeness (QED) is 0.759. The van der Waals surface area contributed by atoms with Crippen molar-refractivity contribution in [3.63, 3.8) is 0 Å².